The molecule has 0 saturated carbocycles. The normalized spacial score (nSPS) is 11.0. The molecule has 0 saturated heterocycles. The minimum absolute atomic E-state index is 0.361. The second kappa shape index (κ2) is 6.08. The van der Waals surface area contributed by atoms with Gasteiger partial charge in [-0.15, -0.1) is 0 Å². The second-order valence-electron chi connectivity index (χ2n) is 4.63. The third kappa shape index (κ3) is 3.28. The lowest BCUT2D eigenvalue weighted by atomic mass is 10.2. The standard InChI is InChI=1S/C14H18ClN3O/c1-10(2)18-9-17-7-13(18)8-19-14-4-3-12(15)5-11(14)6-16/h3-5,7,9-10H,6,8,16H2,1-2H3. The zero-order valence-electron chi connectivity index (χ0n) is 11.1. The molecule has 1 aromatic carbocycles. The molecule has 2 aromatic rings. The van der Waals surface area contributed by atoms with Crippen LogP contribution in [0, 0.1) is 0 Å². The van der Waals surface area contributed by atoms with Gasteiger partial charge in [0.15, 0.2) is 0 Å². The molecule has 5 heteroatoms. The van der Waals surface area contributed by atoms with Crippen molar-refractivity contribution in [1.29, 1.82) is 0 Å². The molecule has 102 valence electrons. The van der Waals surface area contributed by atoms with Gasteiger partial charge < -0.3 is 15.0 Å². The number of ether oxygens (including phenoxy) is 1. The van der Waals surface area contributed by atoms with Gasteiger partial charge in [-0.2, -0.15) is 0 Å². The number of benzene rings is 1. The van der Waals surface area contributed by atoms with E-state index in [4.69, 9.17) is 22.1 Å². The predicted octanol–water partition coefficient (Wildman–Crippen LogP) is 3.16. The summed E-state index contributed by atoms with van der Waals surface area (Å²) in [7, 11) is 0. The summed E-state index contributed by atoms with van der Waals surface area (Å²) in [5.41, 5.74) is 7.63. The van der Waals surface area contributed by atoms with Crippen molar-refractivity contribution in [1.82, 2.24) is 9.55 Å². The number of hydrogen-bond donors (Lipinski definition) is 1. The fraction of sp³-hybridized carbons (Fsp3) is 0.357. The number of nitrogens with two attached hydrogens (primary N) is 1. The summed E-state index contributed by atoms with van der Waals surface area (Å²) in [6.07, 6.45) is 3.63. The number of hydrogen-bond acceptors (Lipinski definition) is 3. The average Bonchev–Trinajstić information content (AvgIpc) is 2.85. The van der Waals surface area contributed by atoms with Gasteiger partial charge in [0.2, 0.25) is 0 Å². The molecule has 0 aliphatic rings. The van der Waals surface area contributed by atoms with Crippen LogP contribution in [-0.4, -0.2) is 9.55 Å². The van der Waals surface area contributed by atoms with E-state index < -0.39 is 0 Å². The smallest absolute Gasteiger partial charge is 0.130 e. The lowest BCUT2D eigenvalue weighted by Crippen LogP contribution is -2.08. The molecule has 0 spiro atoms. The first kappa shape index (κ1) is 13.9. The van der Waals surface area contributed by atoms with Crippen molar-refractivity contribution >= 4 is 11.6 Å². The Morgan fingerprint density at radius 3 is 2.89 bits per heavy atom. The quantitative estimate of drug-likeness (QED) is 0.915. The topological polar surface area (TPSA) is 53.1 Å². The van der Waals surface area contributed by atoms with Crippen LogP contribution in [0.25, 0.3) is 0 Å². The van der Waals surface area contributed by atoms with Crippen molar-refractivity contribution in [3.05, 3.63) is 47.0 Å². The molecule has 0 aliphatic carbocycles. The van der Waals surface area contributed by atoms with E-state index in [2.05, 4.69) is 23.4 Å². The van der Waals surface area contributed by atoms with Crippen LogP contribution in [0.2, 0.25) is 5.02 Å². The van der Waals surface area contributed by atoms with Gasteiger partial charge in [0.05, 0.1) is 18.2 Å². The lowest BCUT2D eigenvalue weighted by molar-refractivity contribution is 0.289. The highest BCUT2D eigenvalue weighted by Gasteiger charge is 2.08. The first-order valence-corrected chi connectivity index (χ1v) is 6.61. The maximum absolute atomic E-state index is 5.94. The summed E-state index contributed by atoms with van der Waals surface area (Å²) >= 11 is 5.94. The number of rotatable bonds is 5. The fourth-order valence-electron chi connectivity index (χ4n) is 1.91. The highest BCUT2D eigenvalue weighted by molar-refractivity contribution is 6.30. The van der Waals surface area contributed by atoms with Crippen molar-refractivity contribution in [3.8, 4) is 5.75 Å². The molecule has 4 nitrogen and oxygen atoms in total. The fourth-order valence-corrected chi connectivity index (χ4v) is 2.10. The number of aromatic nitrogens is 2. The van der Waals surface area contributed by atoms with Crippen molar-refractivity contribution in [2.24, 2.45) is 5.73 Å². The third-order valence-electron chi connectivity index (χ3n) is 2.92. The molecule has 0 amide bonds. The van der Waals surface area contributed by atoms with Crippen LogP contribution >= 0.6 is 11.6 Å². The molecule has 19 heavy (non-hydrogen) atoms. The Bertz CT molecular complexity index is 551. The molecule has 1 heterocycles. The van der Waals surface area contributed by atoms with Gasteiger partial charge in [-0.05, 0) is 32.0 Å². The van der Waals surface area contributed by atoms with Crippen LogP contribution in [0.1, 0.15) is 31.1 Å². The Kier molecular flexibility index (Phi) is 4.45. The van der Waals surface area contributed by atoms with E-state index in [-0.39, 0.29) is 0 Å². The van der Waals surface area contributed by atoms with Crippen molar-refractivity contribution < 1.29 is 4.74 Å². The van der Waals surface area contributed by atoms with Crippen LogP contribution in [0.5, 0.6) is 5.75 Å². The van der Waals surface area contributed by atoms with Gasteiger partial charge in [0, 0.05) is 23.2 Å². The Morgan fingerprint density at radius 2 is 2.21 bits per heavy atom. The summed E-state index contributed by atoms with van der Waals surface area (Å²) in [4.78, 5) is 4.15. The lowest BCUT2D eigenvalue weighted by Gasteiger charge is -2.14. The monoisotopic (exact) mass is 279 g/mol. The summed E-state index contributed by atoms with van der Waals surface area (Å²) < 4.78 is 7.90. The molecule has 0 bridgehead atoms. The summed E-state index contributed by atoms with van der Waals surface area (Å²) in [5, 5.41) is 0.667. The number of imidazole rings is 1. The van der Waals surface area contributed by atoms with Crippen LogP contribution in [0.3, 0.4) is 0 Å². The number of halogens is 1. The maximum atomic E-state index is 5.94. The third-order valence-corrected chi connectivity index (χ3v) is 3.16. The first-order valence-electron chi connectivity index (χ1n) is 6.23. The summed E-state index contributed by atoms with van der Waals surface area (Å²) in [5.74, 6) is 0.767. The Hall–Kier alpha value is -1.52. The zero-order valence-corrected chi connectivity index (χ0v) is 11.9. The minimum atomic E-state index is 0.361. The zero-order chi connectivity index (χ0) is 13.8. The van der Waals surface area contributed by atoms with E-state index in [1.54, 1.807) is 6.07 Å². The molecule has 0 atom stereocenters. The highest BCUT2D eigenvalue weighted by Crippen LogP contribution is 2.23. The largest absolute Gasteiger partial charge is 0.487 e. The van der Waals surface area contributed by atoms with Crippen LogP contribution in [0.4, 0.5) is 0 Å². The summed E-state index contributed by atoms with van der Waals surface area (Å²) in [6.45, 7) is 5.09. The Labute approximate surface area is 118 Å². The molecule has 2 N–H and O–H groups in total. The van der Waals surface area contributed by atoms with Crippen molar-refractivity contribution in [2.45, 2.75) is 33.0 Å². The van der Waals surface area contributed by atoms with Gasteiger partial charge >= 0.3 is 0 Å². The Balaban J connectivity index is 2.12. The molecule has 1 aromatic heterocycles. The van der Waals surface area contributed by atoms with Gasteiger partial charge in [0.1, 0.15) is 12.4 Å². The van der Waals surface area contributed by atoms with E-state index in [0.717, 1.165) is 17.0 Å². The van der Waals surface area contributed by atoms with E-state index in [1.165, 1.54) is 0 Å². The SMILES string of the molecule is CC(C)n1cncc1COc1ccc(Cl)cc1CN. The van der Waals surface area contributed by atoms with E-state index in [9.17, 15) is 0 Å². The minimum Gasteiger partial charge on any atom is -0.487 e. The number of nitrogens with zero attached hydrogens (tertiary/aromatic N) is 2. The second-order valence-corrected chi connectivity index (χ2v) is 5.07. The first-order chi connectivity index (χ1) is 9.11. The molecule has 2 rings (SSSR count). The van der Waals surface area contributed by atoms with E-state index in [1.807, 2.05) is 24.7 Å². The van der Waals surface area contributed by atoms with Crippen molar-refractivity contribution in [3.63, 3.8) is 0 Å². The van der Waals surface area contributed by atoms with Gasteiger partial charge in [0.25, 0.3) is 0 Å². The van der Waals surface area contributed by atoms with Crippen LogP contribution in [-0.2, 0) is 13.2 Å². The molecule has 0 radical (unpaired) electrons. The van der Waals surface area contributed by atoms with Crippen LogP contribution < -0.4 is 10.5 Å². The van der Waals surface area contributed by atoms with E-state index in [0.29, 0.717) is 24.2 Å². The van der Waals surface area contributed by atoms with Crippen molar-refractivity contribution in [2.75, 3.05) is 0 Å². The highest BCUT2D eigenvalue weighted by atomic mass is 35.5. The average molecular weight is 280 g/mol. The predicted molar refractivity (Wildman–Crippen MR) is 76.3 cm³/mol. The van der Waals surface area contributed by atoms with Gasteiger partial charge in [-0.1, -0.05) is 11.6 Å². The maximum Gasteiger partial charge on any atom is 0.130 e. The van der Waals surface area contributed by atoms with Crippen LogP contribution in [0.15, 0.2) is 30.7 Å². The molecule has 0 fully saturated rings. The van der Waals surface area contributed by atoms with Gasteiger partial charge in [-0.3, -0.25) is 0 Å². The summed E-state index contributed by atoms with van der Waals surface area (Å²) in [6, 6.07) is 5.84. The molecule has 0 unspecified atom stereocenters. The van der Waals surface area contributed by atoms with Gasteiger partial charge in [-0.25, -0.2) is 4.98 Å². The molecular formula is C14H18ClN3O. The Morgan fingerprint density at radius 1 is 1.42 bits per heavy atom. The molecular weight excluding hydrogens is 262 g/mol. The molecule has 0 aliphatic heterocycles. The van der Waals surface area contributed by atoms with E-state index >= 15 is 0 Å².